The molecule has 146 valence electrons. The van der Waals surface area contributed by atoms with Crippen molar-refractivity contribution in [2.45, 2.75) is 20.8 Å². The number of nitrogens with zero attached hydrogens (tertiary/aromatic N) is 1. The highest BCUT2D eigenvalue weighted by Crippen LogP contribution is 2.36. The van der Waals surface area contributed by atoms with Crippen molar-refractivity contribution >= 4 is 23.1 Å². The van der Waals surface area contributed by atoms with Crippen molar-refractivity contribution in [1.82, 2.24) is 0 Å². The van der Waals surface area contributed by atoms with Gasteiger partial charge in [0.05, 0.1) is 12.2 Å². The van der Waals surface area contributed by atoms with E-state index < -0.39 is 11.1 Å². The smallest absolute Gasteiger partial charge is 0.153 e. The van der Waals surface area contributed by atoms with Gasteiger partial charge in [-0.2, -0.15) is 0 Å². The highest BCUT2D eigenvalue weighted by atomic mass is 32.2. The fraction of sp³-hybridized carbons (Fsp3) is 0.381. The first-order chi connectivity index (χ1) is 13.0. The Hall–Kier alpha value is -2.18. The molecule has 0 amide bonds. The Morgan fingerprint density at radius 2 is 1.85 bits per heavy atom. The van der Waals surface area contributed by atoms with Crippen molar-refractivity contribution in [3.8, 4) is 16.9 Å². The third kappa shape index (κ3) is 5.65. The second-order valence-corrected chi connectivity index (χ2v) is 7.39. The van der Waals surface area contributed by atoms with Crippen molar-refractivity contribution < 1.29 is 18.3 Å². The molecule has 0 aliphatic heterocycles. The second-order valence-electron chi connectivity index (χ2n) is 6.45. The van der Waals surface area contributed by atoms with Gasteiger partial charge in [0, 0.05) is 42.1 Å². The molecule has 0 bridgehead atoms. The molecule has 27 heavy (non-hydrogen) atoms. The van der Waals surface area contributed by atoms with Crippen molar-refractivity contribution in [2.75, 3.05) is 30.3 Å². The molecule has 2 aromatic carbocycles. The number of hydrogen-bond acceptors (Lipinski definition) is 5. The first-order valence-corrected chi connectivity index (χ1v) is 10.4. The first kappa shape index (κ1) is 21.1. The summed E-state index contributed by atoms with van der Waals surface area (Å²) >= 11 is -2.11. The summed E-state index contributed by atoms with van der Waals surface area (Å²) in [6, 6.07) is 13.7. The van der Waals surface area contributed by atoms with E-state index in [0.29, 0.717) is 11.3 Å². The molecule has 5 nitrogen and oxygen atoms in total. The SMILES string of the molecule is CCN(CC)c1cc(OCC(C)CS(=O)[O-])c(C=O)cc1-c1ccccc1. The monoisotopic (exact) mass is 388 g/mol. The average molecular weight is 389 g/mol. The van der Waals surface area contributed by atoms with Crippen molar-refractivity contribution in [1.29, 1.82) is 0 Å². The molecule has 0 saturated heterocycles. The Morgan fingerprint density at radius 3 is 2.41 bits per heavy atom. The molecule has 0 spiro atoms. The first-order valence-electron chi connectivity index (χ1n) is 9.12. The second kappa shape index (κ2) is 10.2. The van der Waals surface area contributed by atoms with Crippen LogP contribution in [-0.4, -0.2) is 40.5 Å². The minimum atomic E-state index is -2.11. The Kier molecular flexibility index (Phi) is 8.00. The van der Waals surface area contributed by atoms with E-state index in [-0.39, 0.29) is 18.3 Å². The van der Waals surface area contributed by atoms with Crippen molar-refractivity contribution in [3.63, 3.8) is 0 Å². The fourth-order valence-electron chi connectivity index (χ4n) is 2.99. The molecule has 2 aromatic rings. The van der Waals surface area contributed by atoms with E-state index in [1.807, 2.05) is 42.5 Å². The summed E-state index contributed by atoms with van der Waals surface area (Å²) in [7, 11) is 0. The molecular formula is C21H26NO4S-. The highest BCUT2D eigenvalue weighted by Gasteiger charge is 2.16. The van der Waals surface area contributed by atoms with Crippen LogP contribution in [-0.2, 0) is 11.1 Å². The van der Waals surface area contributed by atoms with Crippen LogP contribution in [0.4, 0.5) is 5.69 Å². The number of hydrogen-bond donors (Lipinski definition) is 0. The molecule has 0 aliphatic carbocycles. The highest BCUT2D eigenvalue weighted by molar-refractivity contribution is 7.79. The molecule has 0 fully saturated rings. The van der Waals surface area contributed by atoms with Crippen LogP contribution in [0.25, 0.3) is 11.1 Å². The predicted molar refractivity (Wildman–Crippen MR) is 109 cm³/mol. The number of ether oxygens (including phenoxy) is 1. The number of carbonyl (C=O) groups excluding carboxylic acids is 1. The topological polar surface area (TPSA) is 69.7 Å². The van der Waals surface area contributed by atoms with E-state index in [4.69, 9.17) is 4.74 Å². The molecule has 0 aliphatic rings. The van der Waals surface area contributed by atoms with Crippen LogP contribution in [0, 0.1) is 5.92 Å². The van der Waals surface area contributed by atoms with Gasteiger partial charge in [-0.3, -0.25) is 9.00 Å². The van der Waals surface area contributed by atoms with Gasteiger partial charge in [0.2, 0.25) is 0 Å². The van der Waals surface area contributed by atoms with Gasteiger partial charge in [-0.05, 0) is 25.5 Å². The summed E-state index contributed by atoms with van der Waals surface area (Å²) in [6.45, 7) is 7.84. The fourth-order valence-corrected chi connectivity index (χ4v) is 3.55. The number of benzene rings is 2. The van der Waals surface area contributed by atoms with E-state index in [0.717, 1.165) is 36.2 Å². The van der Waals surface area contributed by atoms with Crippen LogP contribution >= 0.6 is 0 Å². The van der Waals surface area contributed by atoms with Crippen LogP contribution < -0.4 is 9.64 Å². The molecule has 0 heterocycles. The normalized spacial score (nSPS) is 13.0. The standard InChI is InChI=1S/C21H27NO4S/c1-4-22(5-2)20-12-21(26-14-16(3)15-27(24)25)18(13-23)11-19(20)17-9-7-6-8-10-17/h6-13,16H,4-5,14-15H2,1-3H3,(H,24,25)/p-1. The van der Waals surface area contributed by atoms with Gasteiger partial charge in [0.1, 0.15) is 5.75 Å². The summed E-state index contributed by atoms with van der Waals surface area (Å²) in [4.78, 5) is 13.9. The summed E-state index contributed by atoms with van der Waals surface area (Å²) < 4.78 is 27.5. The molecular weight excluding hydrogens is 362 g/mol. The van der Waals surface area contributed by atoms with Gasteiger partial charge >= 0.3 is 0 Å². The van der Waals surface area contributed by atoms with E-state index >= 15 is 0 Å². The number of rotatable bonds is 10. The lowest BCUT2D eigenvalue weighted by Gasteiger charge is -2.26. The molecule has 2 unspecified atom stereocenters. The lowest BCUT2D eigenvalue weighted by atomic mass is 9.99. The molecule has 6 heteroatoms. The molecule has 0 aromatic heterocycles. The van der Waals surface area contributed by atoms with E-state index in [1.165, 1.54) is 0 Å². The minimum Gasteiger partial charge on any atom is -0.772 e. The largest absolute Gasteiger partial charge is 0.772 e. The van der Waals surface area contributed by atoms with Gasteiger partial charge in [0.15, 0.2) is 6.29 Å². The summed E-state index contributed by atoms with van der Waals surface area (Å²) in [5, 5.41) is 0. The zero-order chi connectivity index (χ0) is 19.8. The maximum Gasteiger partial charge on any atom is 0.153 e. The predicted octanol–water partition coefficient (Wildman–Crippen LogP) is 3.91. The summed E-state index contributed by atoms with van der Waals surface area (Å²) in [5.74, 6) is 0.352. The van der Waals surface area contributed by atoms with Gasteiger partial charge in [-0.1, -0.05) is 48.3 Å². The van der Waals surface area contributed by atoms with E-state index in [1.54, 1.807) is 6.92 Å². The quantitative estimate of drug-likeness (QED) is 0.456. The lowest BCUT2D eigenvalue weighted by molar-refractivity contribution is 0.111. The van der Waals surface area contributed by atoms with E-state index in [2.05, 4.69) is 18.7 Å². The number of aldehydes is 1. The maximum atomic E-state index is 11.7. The van der Waals surface area contributed by atoms with Crippen molar-refractivity contribution in [2.24, 2.45) is 5.92 Å². The maximum absolute atomic E-state index is 11.7. The van der Waals surface area contributed by atoms with Gasteiger partial charge < -0.3 is 14.2 Å². The molecule has 0 N–H and O–H groups in total. The molecule has 2 atom stereocenters. The van der Waals surface area contributed by atoms with Gasteiger partial charge in [-0.25, -0.2) is 0 Å². The zero-order valence-corrected chi connectivity index (χ0v) is 16.8. The summed E-state index contributed by atoms with van der Waals surface area (Å²) in [6.07, 6.45) is 0.782. The van der Waals surface area contributed by atoms with Crippen LogP contribution in [0.15, 0.2) is 42.5 Å². The van der Waals surface area contributed by atoms with E-state index in [9.17, 15) is 13.6 Å². The van der Waals surface area contributed by atoms with Crippen LogP contribution in [0.3, 0.4) is 0 Å². The van der Waals surface area contributed by atoms with Gasteiger partial charge in [-0.15, -0.1) is 0 Å². The molecule has 2 rings (SSSR count). The number of anilines is 1. The lowest BCUT2D eigenvalue weighted by Crippen LogP contribution is -2.23. The van der Waals surface area contributed by atoms with Crippen LogP contribution in [0.2, 0.25) is 0 Å². The zero-order valence-electron chi connectivity index (χ0n) is 16.0. The third-order valence-electron chi connectivity index (χ3n) is 4.39. The van der Waals surface area contributed by atoms with Crippen LogP contribution in [0.1, 0.15) is 31.1 Å². The Bertz CT molecular complexity index is 775. The Labute approximate surface area is 163 Å². The summed E-state index contributed by atoms with van der Waals surface area (Å²) in [5.41, 5.74) is 3.46. The minimum absolute atomic E-state index is 0.0292. The third-order valence-corrected chi connectivity index (χ3v) is 5.23. The Morgan fingerprint density at radius 1 is 1.19 bits per heavy atom. The number of carbonyl (C=O) groups is 1. The average Bonchev–Trinajstić information content (AvgIpc) is 2.67. The molecule has 0 saturated carbocycles. The van der Waals surface area contributed by atoms with Crippen LogP contribution in [0.5, 0.6) is 5.75 Å². The Balaban J connectivity index is 2.44. The molecule has 0 radical (unpaired) electrons. The van der Waals surface area contributed by atoms with Crippen molar-refractivity contribution in [3.05, 3.63) is 48.0 Å². The van der Waals surface area contributed by atoms with Gasteiger partial charge in [0.25, 0.3) is 0 Å².